The fourth-order valence-corrected chi connectivity index (χ4v) is 1.90. The summed E-state index contributed by atoms with van der Waals surface area (Å²) in [5.74, 6) is 2.33. The van der Waals surface area contributed by atoms with E-state index in [1.165, 1.54) is 5.75 Å². The maximum Gasteiger partial charge on any atom is 0.0518 e. The Morgan fingerprint density at radius 3 is 2.40 bits per heavy atom. The second kappa shape index (κ2) is 8.39. The minimum Gasteiger partial charge on any atom is -0.396 e. The van der Waals surface area contributed by atoms with E-state index in [1.54, 1.807) is 0 Å². The first kappa shape index (κ1) is 15.2. The molecule has 1 unspecified atom stereocenters. The van der Waals surface area contributed by atoms with Gasteiger partial charge in [-0.1, -0.05) is 13.8 Å². The molecule has 0 rings (SSSR count). The van der Waals surface area contributed by atoms with E-state index in [-0.39, 0.29) is 13.2 Å². The van der Waals surface area contributed by atoms with Gasteiger partial charge in [0.15, 0.2) is 0 Å². The first-order chi connectivity index (χ1) is 7.08. The molecule has 0 aliphatic rings. The number of nitrogens with one attached hydrogen (secondary N) is 1. The van der Waals surface area contributed by atoms with E-state index >= 15 is 0 Å². The lowest BCUT2D eigenvalue weighted by atomic mass is 9.93. The van der Waals surface area contributed by atoms with Crippen LogP contribution in [0.5, 0.6) is 0 Å². The molecule has 0 aliphatic heterocycles. The zero-order chi connectivity index (χ0) is 11.7. The molecule has 92 valence electrons. The molecule has 15 heavy (non-hydrogen) atoms. The van der Waals surface area contributed by atoms with E-state index in [0.29, 0.717) is 12.6 Å². The Bertz CT molecular complexity index is 152. The third kappa shape index (κ3) is 7.17. The summed E-state index contributed by atoms with van der Waals surface area (Å²) in [5.41, 5.74) is -0.397. The van der Waals surface area contributed by atoms with Gasteiger partial charge >= 0.3 is 0 Å². The van der Waals surface area contributed by atoms with Gasteiger partial charge in [-0.05, 0) is 24.9 Å². The van der Waals surface area contributed by atoms with Gasteiger partial charge in [-0.2, -0.15) is 11.8 Å². The molecule has 0 aromatic carbocycles. The fourth-order valence-electron chi connectivity index (χ4n) is 1.09. The molecule has 3 N–H and O–H groups in total. The van der Waals surface area contributed by atoms with Gasteiger partial charge in [0, 0.05) is 18.0 Å². The summed E-state index contributed by atoms with van der Waals surface area (Å²) in [6, 6.07) is 0.446. The van der Waals surface area contributed by atoms with Crippen LogP contribution in [0, 0.1) is 5.41 Å². The predicted molar refractivity (Wildman–Crippen MR) is 67.4 cm³/mol. The average molecular weight is 235 g/mol. The molecule has 0 saturated heterocycles. The van der Waals surface area contributed by atoms with Crippen molar-refractivity contribution in [2.45, 2.75) is 33.2 Å². The molecule has 0 bridgehead atoms. The molecule has 0 aromatic heterocycles. The molecule has 0 amide bonds. The maximum atomic E-state index is 9.11. The Labute approximate surface area is 97.7 Å². The van der Waals surface area contributed by atoms with Crippen LogP contribution in [0.15, 0.2) is 0 Å². The molecular weight excluding hydrogens is 210 g/mol. The Morgan fingerprint density at radius 1 is 1.33 bits per heavy atom. The van der Waals surface area contributed by atoms with E-state index < -0.39 is 5.41 Å². The largest absolute Gasteiger partial charge is 0.396 e. The summed E-state index contributed by atoms with van der Waals surface area (Å²) in [5, 5.41) is 21.6. The molecule has 0 saturated carbocycles. The quantitative estimate of drug-likeness (QED) is 0.524. The molecule has 0 fully saturated rings. The van der Waals surface area contributed by atoms with Gasteiger partial charge < -0.3 is 15.5 Å². The van der Waals surface area contributed by atoms with E-state index in [2.05, 4.69) is 19.2 Å². The van der Waals surface area contributed by atoms with Crippen molar-refractivity contribution in [3.05, 3.63) is 0 Å². The topological polar surface area (TPSA) is 52.5 Å². The molecule has 1 atom stereocenters. The van der Waals surface area contributed by atoms with Crippen LogP contribution >= 0.6 is 11.8 Å². The number of thioether (sulfide) groups is 1. The summed E-state index contributed by atoms with van der Waals surface area (Å²) < 4.78 is 0. The third-order valence-electron chi connectivity index (χ3n) is 2.54. The van der Waals surface area contributed by atoms with Crippen molar-refractivity contribution in [2.24, 2.45) is 5.41 Å². The third-order valence-corrected chi connectivity index (χ3v) is 3.47. The number of rotatable bonds is 9. The number of aliphatic hydroxyl groups excluding tert-OH is 2. The first-order valence-corrected chi connectivity index (χ1v) is 6.76. The average Bonchev–Trinajstić information content (AvgIpc) is 2.26. The van der Waals surface area contributed by atoms with Crippen molar-refractivity contribution in [1.29, 1.82) is 0 Å². The monoisotopic (exact) mass is 235 g/mol. The van der Waals surface area contributed by atoms with Gasteiger partial charge in [0.1, 0.15) is 0 Å². The van der Waals surface area contributed by atoms with Crippen molar-refractivity contribution >= 4 is 11.8 Å². The Hall–Kier alpha value is 0.230. The van der Waals surface area contributed by atoms with Gasteiger partial charge in [-0.25, -0.2) is 0 Å². The Balaban J connectivity index is 3.64. The van der Waals surface area contributed by atoms with Crippen LogP contribution in [0.2, 0.25) is 0 Å². The molecule has 0 heterocycles. The van der Waals surface area contributed by atoms with Crippen molar-refractivity contribution in [3.8, 4) is 0 Å². The summed E-state index contributed by atoms with van der Waals surface area (Å²) in [6.45, 7) is 6.90. The molecule has 0 aliphatic carbocycles. The second-order valence-corrected chi connectivity index (χ2v) is 5.79. The maximum absolute atomic E-state index is 9.11. The highest BCUT2D eigenvalue weighted by molar-refractivity contribution is 7.99. The van der Waals surface area contributed by atoms with Crippen LogP contribution in [-0.4, -0.2) is 47.5 Å². The summed E-state index contributed by atoms with van der Waals surface area (Å²) in [6.07, 6.45) is 1.13. The van der Waals surface area contributed by atoms with E-state index in [0.717, 1.165) is 12.2 Å². The standard InChI is InChI=1S/C11H25NO2S/c1-4-15-6-5-10(2)12-7-11(3,8-13)9-14/h10,12-14H,4-9H2,1-3H3. The highest BCUT2D eigenvalue weighted by Gasteiger charge is 2.22. The minimum atomic E-state index is -0.397. The summed E-state index contributed by atoms with van der Waals surface area (Å²) >= 11 is 1.94. The van der Waals surface area contributed by atoms with Crippen LogP contribution in [0.1, 0.15) is 27.2 Å². The normalized spacial score (nSPS) is 14.2. The van der Waals surface area contributed by atoms with Crippen LogP contribution in [0.3, 0.4) is 0 Å². The van der Waals surface area contributed by atoms with Gasteiger partial charge in [0.25, 0.3) is 0 Å². The van der Waals surface area contributed by atoms with Gasteiger partial charge in [0.05, 0.1) is 13.2 Å². The van der Waals surface area contributed by atoms with Crippen LogP contribution in [0.25, 0.3) is 0 Å². The molecule has 3 nitrogen and oxygen atoms in total. The molecule has 0 spiro atoms. The van der Waals surface area contributed by atoms with Gasteiger partial charge in [-0.3, -0.25) is 0 Å². The van der Waals surface area contributed by atoms with E-state index in [4.69, 9.17) is 10.2 Å². The number of hydrogen-bond acceptors (Lipinski definition) is 4. The molecule has 0 aromatic rings. The van der Waals surface area contributed by atoms with E-state index in [1.807, 2.05) is 18.7 Å². The molecule has 0 radical (unpaired) electrons. The lowest BCUT2D eigenvalue weighted by Crippen LogP contribution is -2.41. The predicted octanol–water partition coefficient (Wildman–Crippen LogP) is 1.10. The molecule has 4 heteroatoms. The highest BCUT2D eigenvalue weighted by atomic mass is 32.2. The Morgan fingerprint density at radius 2 is 1.93 bits per heavy atom. The lowest BCUT2D eigenvalue weighted by Gasteiger charge is -2.27. The van der Waals surface area contributed by atoms with Crippen LogP contribution in [0.4, 0.5) is 0 Å². The zero-order valence-electron chi connectivity index (χ0n) is 10.1. The summed E-state index contributed by atoms with van der Waals surface area (Å²) in [4.78, 5) is 0. The van der Waals surface area contributed by atoms with Crippen molar-refractivity contribution in [3.63, 3.8) is 0 Å². The van der Waals surface area contributed by atoms with Gasteiger partial charge in [-0.15, -0.1) is 0 Å². The smallest absolute Gasteiger partial charge is 0.0518 e. The van der Waals surface area contributed by atoms with Crippen LogP contribution < -0.4 is 5.32 Å². The van der Waals surface area contributed by atoms with Crippen molar-refractivity contribution in [1.82, 2.24) is 5.32 Å². The SMILES string of the molecule is CCSCCC(C)NCC(C)(CO)CO. The highest BCUT2D eigenvalue weighted by Crippen LogP contribution is 2.13. The summed E-state index contributed by atoms with van der Waals surface area (Å²) in [7, 11) is 0. The molecular formula is C11H25NO2S. The Kier molecular flexibility index (Phi) is 8.52. The second-order valence-electron chi connectivity index (χ2n) is 4.39. The van der Waals surface area contributed by atoms with Crippen molar-refractivity contribution in [2.75, 3.05) is 31.3 Å². The lowest BCUT2D eigenvalue weighted by molar-refractivity contribution is 0.0677. The minimum absolute atomic E-state index is 0.0208. The first-order valence-electron chi connectivity index (χ1n) is 5.61. The van der Waals surface area contributed by atoms with E-state index in [9.17, 15) is 0 Å². The zero-order valence-corrected chi connectivity index (χ0v) is 10.9. The van der Waals surface area contributed by atoms with Gasteiger partial charge in [0.2, 0.25) is 0 Å². The van der Waals surface area contributed by atoms with Crippen LogP contribution in [-0.2, 0) is 0 Å². The number of hydrogen-bond donors (Lipinski definition) is 3. The fraction of sp³-hybridized carbons (Fsp3) is 1.00. The van der Waals surface area contributed by atoms with Crippen molar-refractivity contribution < 1.29 is 10.2 Å². The number of aliphatic hydroxyl groups is 2.